The predicted octanol–water partition coefficient (Wildman–Crippen LogP) is 2.99. The third-order valence-electron chi connectivity index (χ3n) is 3.80. The maximum atomic E-state index is 12.3. The molecule has 1 amide bonds. The van der Waals surface area contributed by atoms with Crippen molar-refractivity contribution < 1.29 is 9.53 Å². The lowest BCUT2D eigenvalue weighted by Crippen LogP contribution is -2.31. The zero-order chi connectivity index (χ0) is 15.2. The summed E-state index contributed by atoms with van der Waals surface area (Å²) in [5.74, 6) is 0.697. The van der Waals surface area contributed by atoms with Gasteiger partial charge in [0.25, 0.3) is 5.91 Å². The number of nitrogens with two attached hydrogens (primary N) is 1. The van der Waals surface area contributed by atoms with Crippen molar-refractivity contribution in [1.29, 1.82) is 0 Å². The highest BCUT2D eigenvalue weighted by atomic mass is 35.5. The molecule has 116 valence electrons. The average Bonchev–Trinajstić information content (AvgIpc) is 2.99. The number of amides is 1. The summed E-state index contributed by atoms with van der Waals surface area (Å²) in [4.78, 5) is 12.3. The number of rotatable bonds is 6. The molecule has 0 aliphatic heterocycles. The van der Waals surface area contributed by atoms with E-state index in [2.05, 4.69) is 5.32 Å². The molecule has 2 rings (SSSR count). The van der Waals surface area contributed by atoms with E-state index in [1.54, 1.807) is 18.2 Å². The van der Waals surface area contributed by atoms with Crippen LogP contribution in [0.15, 0.2) is 18.2 Å². The van der Waals surface area contributed by atoms with Crippen molar-refractivity contribution in [3.63, 3.8) is 0 Å². The summed E-state index contributed by atoms with van der Waals surface area (Å²) >= 11 is 6.01. The number of halogens is 1. The Kier molecular flexibility index (Phi) is 5.88. The lowest BCUT2D eigenvalue weighted by atomic mass is 10.1. The van der Waals surface area contributed by atoms with E-state index in [1.165, 1.54) is 12.8 Å². The first-order valence-electron chi connectivity index (χ1n) is 7.54. The summed E-state index contributed by atoms with van der Waals surface area (Å²) in [6, 6.07) is 5.20. The average molecular weight is 311 g/mol. The van der Waals surface area contributed by atoms with Crippen molar-refractivity contribution in [2.75, 3.05) is 13.1 Å². The summed E-state index contributed by atoms with van der Waals surface area (Å²) in [5, 5.41) is 3.42. The van der Waals surface area contributed by atoms with Gasteiger partial charge >= 0.3 is 0 Å². The summed E-state index contributed by atoms with van der Waals surface area (Å²) in [6.45, 7) is 3.08. The quantitative estimate of drug-likeness (QED) is 0.849. The van der Waals surface area contributed by atoms with Crippen molar-refractivity contribution in [2.24, 2.45) is 11.7 Å². The Hall–Kier alpha value is -1.26. The van der Waals surface area contributed by atoms with Gasteiger partial charge in [-0.05, 0) is 56.3 Å². The van der Waals surface area contributed by atoms with Gasteiger partial charge in [0.05, 0.1) is 11.7 Å². The second kappa shape index (κ2) is 7.66. The summed E-state index contributed by atoms with van der Waals surface area (Å²) in [5.41, 5.74) is 6.06. The Morgan fingerprint density at radius 1 is 1.48 bits per heavy atom. The number of carbonyl (C=O) groups excluding carboxylic acids is 1. The molecule has 5 heteroatoms. The first-order chi connectivity index (χ1) is 10.1. The van der Waals surface area contributed by atoms with Gasteiger partial charge < -0.3 is 15.8 Å². The fourth-order valence-electron chi connectivity index (χ4n) is 2.41. The molecular formula is C16H23ClN2O2. The smallest absolute Gasteiger partial charge is 0.255 e. The Bertz CT molecular complexity index is 487. The maximum Gasteiger partial charge on any atom is 0.255 e. The van der Waals surface area contributed by atoms with Crippen LogP contribution in [0.2, 0.25) is 5.02 Å². The van der Waals surface area contributed by atoms with Crippen LogP contribution in [0.5, 0.6) is 5.75 Å². The van der Waals surface area contributed by atoms with Gasteiger partial charge in [-0.15, -0.1) is 0 Å². The number of benzene rings is 1. The molecule has 1 unspecified atom stereocenters. The Morgan fingerprint density at radius 3 is 2.86 bits per heavy atom. The molecule has 4 nitrogen and oxygen atoms in total. The van der Waals surface area contributed by atoms with E-state index >= 15 is 0 Å². The molecular weight excluding hydrogens is 288 g/mol. The fourth-order valence-corrected chi connectivity index (χ4v) is 2.59. The molecule has 1 atom stereocenters. The van der Waals surface area contributed by atoms with E-state index in [0.717, 1.165) is 12.8 Å². The van der Waals surface area contributed by atoms with Crippen molar-refractivity contribution in [3.05, 3.63) is 28.8 Å². The number of hydrogen-bond acceptors (Lipinski definition) is 3. The molecule has 0 spiro atoms. The minimum atomic E-state index is -0.161. The topological polar surface area (TPSA) is 64.3 Å². The van der Waals surface area contributed by atoms with Crippen LogP contribution in [0.1, 0.15) is 43.0 Å². The second-order valence-corrected chi connectivity index (χ2v) is 6.15. The van der Waals surface area contributed by atoms with E-state index in [9.17, 15) is 4.79 Å². The van der Waals surface area contributed by atoms with Crippen molar-refractivity contribution in [1.82, 2.24) is 5.32 Å². The Balaban J connectivity index is 2.08. The van der Waals surface area contributed by atoms with Gasteiger partial charge in [0.2, 0.25) is 0 Å². The largest absolute Gasteiger partial charge is 0.490 e. The summed E-state index contributed by atoms with van der Waals surface area (Å²) < 4.78 is 5.97. The van der Waals surface area contributed by atoms with Crippen LogP contribution in [-0.2, 0) is 0 Å². The van der Waals surface area contributed by atoms with Gasteiger partial charge in [0.1, 0.15) is 5.75 Å². The Labute approximate surface area is 131 Å². The van der Waals surface area contributed by atoms with Crippen LogP contribution in [0.4, 0.5) is 0 Å². The third-order valence-corrected chi connectivity index (χ3v) is 4.03. The highest BCUT2D eigenvalue weighted by Crippen LogP contribution is 2.28. The van der Waals surface area contributed by atoms with Crippen LogP contribution in [0.25, 0.3) is 0 Å². The molecule has 1 aliphatic rings. The minimum absolute atomic E-state index is 0.161. The SMILES string of the molecule is CC(CN)CNC(=O)c1cc(Cl)ccc1OC1CCCC1. The van der Waals surface area contributed by atoms with E-state index in [0.29, 0.717) is 29.4 Å². The zero-order valence-corrected chi connectivity index (χ0v) is 13.2. The molecule has 1 fully saturated rings. The molecule has 0 saturated heterocycles. The second-order valence-electron chi connectivity index (χ2n) is 5.72. The minimum Gasteiger partial charge on any atom is -0.490 e. The third kappa shape index (κ3) is 4.61. The Morgan fingerprint density at radius 2 is 2.19 bits per heavy atom. The zero-order valence-electron chi connectivity index (χ0n) is 12.4. The number of ether oxygens (including phenoxy) is 1. The van der Waals surface area contributed by atoms with Gasteiger partial charge in [0, 0.05) is 11.6 Å². The first kappa shape index (κ1) is 16.1. The van der Waals surface area contributed by atoms with E-state index in [1.807, 2.05) is 6.92 Å². The van der Waals surface area contributed by atoms with Gasteiger partial charge in [-0.25, -0.2) is 0 Å². The van der Waals surface area contributed by atoms with E-state index in [-0.39, 0.29) is 17.9 Å². The lowest BCUT2D eigenvalue weighted by Gasteiger charge is -2.17. The van der Waals surface area contributed by atoms with E-state index < -0.39 is 0 Å². The molecule has 3 N–H and O–H groups in total. The summed E-state index contributed by atoms with van der Waals surface area (Å²) in [6.07, 6.45) is 4.68. The highest BCUT2D eigenvalue weighted by Gasteiger charge is 2.20. The maximum absolute atomic E-state index is 12.3. The van der Waals surface area contributed by atoms with E-state index in [4.69, 9.17) is 22.1 Å². The van der Waals surface area contributed by atoms with Crippen LogP contribution in [0, 0.1) is 5.92 Å². The van der Waals surface area contributed by atoms with Crippen LogP contribution in [0.3, 0.4) is 0 Å². The standard InChI is InChI=1S/C16H23ClN2O2/c1-11(9-18)10-19-16(20)14-8-12(17)6-7-15(14)21-13-4-2-3-5-13/h6-8,11,13H,2-5,9-10,18H2,1H3,(H,19,20). The first-order valence-corrected chi connectivity index (χ1v) is 7.92. The molecule has 0 radical (unpaired) electrons. The molecule has 0 bridgehead atoms. The molecule has 1 aromatic carbocycles. The predicted molar refractivity (Wildman–Crippen MR) is 84.9 cm³/mol. The number of hydrogen-bond donors (Lipinski definition) is 2. The van der Waals surface area contributed by atoms with Crippen molar-refractivity contribution in [3.8, 4) is 5.75 Å². The molecule has 1 saturated carbocycles. The molecule has 1 aromatic rings. The molecule has 0 heterocycles. The van der Waals surface area contributed by atoms with Crippen LogP contribution >= 0.6 is 11.6 Å². The van der Waals surface area contributed by atoms with Gasteiger partial charge in [-0.3, -0.25) is 4.79 Å². The summed E-state index contributed by atoms with van der Waals surface area (Å²) in [7, 11) is 0. The highest BCUT2D eigenvalue weighted by molar-refractivity contribution is 6.31. The van der Waals surface area contributed by atoms with Gasteiger partial charge in [-0.1, -0.05) is 18.5 Å². The fraction of sp³-hybridized carbons (Fsp3) is 0.562. The molecule has 1 aliphatic carbocycles. The van der Waals surface area contributed by atoms with Crippen LogP contribution in [-0.4, -0.2) is 25.1 Å². The normalized spacial score (nSPS) is 16.7. The lowest BCUT2D eigenvalue weighted by molar-refractivity contribution is 0.0941. The van der Waals surface area contributed by atoms with Crippen molar-refractivity contribution in [2.45, 2.75) is 38.7 Å². The number of carbonyl (C=O) groups is 1. The monoisotopic (exact) mass is 310 g/mol. The van der Waals surface area contributed by atoms with Crippen LogP contribution < -0.4 is 15.8 Å². The van der Waals surface area contributed by atoms with Gasteiger partial charge in [0.15, 0.2) is 0 Å². The van der Waals surface area contributed by atoms with Crippen molar-refractivity contribution >= 4 is 17.5 Å². The van der Waals surface area contributed by atoms with Gasteiger partial charge in [-0.2, -0.15) is 0 Å². The molecule has 21 heavy (non-hydrogen) atoms. The molecule has 0 aromatic heterocycles. The number of nitrogens with one attached hydrogen (secondary N) is 1.